The minimum Gasteiger partial charge on any atom is -0.464 e. The van der Waals surface area contributed by atoms with E-state index in [9.17, 15) is 0 Å². The van der Waals surface area contributed by atoms with Crippen molar-refractivity contribution in [3.8, 4) is 11.3 Å². The molecule has 0 amide bonds. The fraction of sp³-hybridized carbons (Fsp3) is 0.222. The van der Waals surface area contributed by atoms with Crippen molar-refractivity contribution in [2.75, 3.05) is 11.4 Å². The van der Waals surface area contributed by atoms with Crippen molar-refractivity contribution in [3.05, 3.63) is 60.1 Å². The van der Waals surface area contributed by atoms with E-state index in [1.54, 1.807) is 6.26 Å². The van der Waals surface area contributed by atoms with Crippen LogP contribution >= 0.6 is 0 Å². The molecule has 0 atom stereocenters. The summed E-state index contributed by atoms with van der Waals surface area (Å²) in [5.41, 5.74) is 4.09. The van der Waals surface area contributed by atoms with Gasteiger partial charge in [0.25, 0.3) is 0 Å². The molecule has 112 valence electrons. The molecule has 0 saturated heterocycles. The zero-order chi connectivity index (χ0) is 15.5. The maximum atomic E-state index is 5.42. The van der Waals surface area contributed by atoms with Crippen LogP contribution in [-0.4, -0.2) is 16.5 Å². The molecule has 3 rings (SSSR count). The Balaban J connectivity index is 1.93. The molecule has 2 heterocycles. The lowest BCUT2D eigenvalue weighted by Gasteiger charge is -2.21. The van der Waals surface area contributed by atoms with E-state index >= 15 is 0 Å². The van der Waals surface area contributed by atoms with Crippen LogP contribution in [0.1, 0.15) is 18.3 Å². The van der Waals surface area contributed by atoms with Gasteiger partial charge in [0.2, 0.25) is 5.95 Å². The van der Waals surface area contributed by atoms with E-state index in [0.717, 1.165) is 40.9 Å². The Morgan fingerprint density at radius 1 is 1.00 bits per heavy atom. The Hall–Kier alpha value is -2.62. The monoisotopic (exact) mass is 293 g/mol. The molecular formula is C18H19N3O. The maximum absolute atomic E-state index is 5.42. The summed E-state index contributed by atoms with van der Waals surface area (Å²) in [7, 11) is 0. The molecule has 0 aliphatic heterocycles. The van der Waals surface area contributed by atoms with Crippen LogP contribution in [0.25, 0.3) is 11.3 Å². The van der Waals surface area contributed by atoms with Crippen LogP contribution in [0, 0.1) is 13.8 Å². The van der Waals surface area contributed by atoms with Gasteiger partial charge in [-0.2, -0.15) is 0 Å². The van der Waals surface area contributed by atoms with Crippen molar-refractivity contribution in [3.63, 3.8) is 0 Å². The van der Waals surface area contributed by atoms with Crippen molar-refractivity contribution in [2.45, 2.75) is 20.8 Å². The van der Waals surface area contributed by atoms with E-state index in [4.69, 9.17) is 4.42 Å². The maximum Gasteiger partial charge on any atom is 0.230 e. The van der Waals surface area contributed by atoms with E-state index in [0.29, 0.717) is 0 Å². The van der Waals surface area contributed by atoms with Gasteiger partial charge in [0.1, 0.15) is 5.76 Å². The standard InChI is InChI=1S/C18H19N3O/c1-4-21(18-19-13(2)12-14(3)20-18)16-9-7-15(8-10-16)17-6-5-11-22-17/h5-12H,4H2,1-3H3. The second-order valence-corrected chi connectivity index (χ2v) is 5.22. The summed E-state index contributed by atoms with van der Waals surface area (Å²) < 4.78 is 5.42. The van der Waals surface area contributed by atoms with Gasteiger partial charge in [-0.25, -0.2) is 9.97 Å². The number of aromatic nitrogens is 2. The first-order valence-electron chi connectivity index (χ1n) is 7.41. The Bertz CT molecular complexity index is 728. The Morgan fingerprint density at radius 2 is 1.68 bits per heavy atom. The number of benzene rings is 1. The summed E-state index contributed by atoms with van der Waals surface area (Å²) in [6.07, 6.45) is 1.69. The third-order valence-electron chi connectivity index (χ3n) is 3.51. The summed E-state index contributed by atoms with van der Waals surface area (Å²) in [6, 6.07) is 14.1. The third kappa shape index (κ3) is 2.86. The molecule has 0 radical (unpaired) electrons. The van der Waals surface area contributed by atoms with Crippen molar-refractivity contribution in [1.82, 2.24) is 9.97 Å². The highest BCUT2D eigenvalue weighted by atomic mass is 16.3. The van der Waals surface area contributed by atoms with Crippen LogP contribution in [0.5, 0.6) is 0 Å². The molecule has 0 spiro atoms. The van der Waals surface area contributed by atoms with Crippen LogP contribution in [0.4, 0.5) is 11.6 Å². The summed E-state index contributed by atoms with van der Waals surface area (Å²) in [6.45, 7) is 6.89. The highest BCUT2D eigenvalue weighted by molar-refractivity contribution is 5.64. The summed E-state index contributed by atoms with van der Waals surface area (Å²) >= 11 is 0. The number of aryl methyl sites for hydroxylation is 2. The van der Waals surface area contributed by atoms with Crippen LogP contribution in [-0.2, 0) is 0 Å². The van der Waals surface area contributed by atoms with Gasteiger partial charge in [-0.3, -0.25) is 0 Å². The molecule has 22 heavy (non-hydrogen) atoms. The van der Waals surface area contributed by atoms with Gasteiger partial charge in [-0.05, 0) is 63.2 Å². The molecule has 0 aliphatic rings. The fourth-order valence-corrected chi connectivity index (χ4v) is 2.52. The van der Waals surface area contributed by atoms with Crippen LogP contribution < -0.4 is 4.90 Å². The van der Waals surface area contributed by atoms with E-state index in [-0.39, 0.29) is 0 Å². The van der Waals surface area contributed by atoms with Gasteiger partial charge in [0.05, 0.1) is 6.26 Å². The van der Waals surface area contributed by atoms with Crippen molar-refractivity contribution >= 4 is 11.6 Å². The number of anilines is 2. The van der Waals surface area contributed by atoms with Gasteiger partial charge in [-0.15, -0.1) is 0 Å². The predicted molar refractivity (Wildman–Crippen MR) is 88.3 cm³/mol. The quantitative estimate of drug-likeness (QED) is 0.709. The molecule has 0 fully saturated rings. The molecule has 0 bridgehead atoms. The lowest BCUT2D eigenvalue weighted by atomic mass is 10.1. The molecule has 1 aromatic carbocycles. The molecule has 0 aliphatic carbocycles. The van der Waals surface area contributed by atoms with Gasteiger partial charge in [-0.1, -0.05) is 0 Å². The van der Waals surface area contributed by atoms with Crippen molar-refractivity contribution in [2.24, 2.45) is 0 Å². The van der Waals surface area contributed by atoms with Gasteiger partial charge in [0, 0.05) is 29.2 Å². The van der Waals surface area contributed by atoms with Gasteiger partial charge in [0.15, 0.2) is 0 Å². The van der Waals surface area contributed by atoms with Crippen LogP contribution in [0.2, 0.25) is 0 Å². The number of nitrogens with zero attached hydrogens (tertiary/aromatic N) is 3. The zero-order valence-corrected chi connectivity index (χ0v) is 13.1. The molecule has 0 N–H and O–H groups in total. The highest BCUT2D eigenvalue weighted by Gasteiger charge is 2.11. The molecule has 4 nitrogen and oxygen atoms in total. The third-order valence-corrected chi connectivity index (χ3v) is 3.51. The number of rotatable bonds is 4. The molecule has 4 heteroatoms. The Kier molecular flexibility index (Phi) is 3.92. The second kappa shape index (κ2) is 6.02. The highest BCUT2D eigenvalue weighted by Crippen LogP contribution is 2.26. The smallest absolute Gasteiger partial charge is 0.230 e. The fourth-order valence-electron chi connectivity index (χ4n) is 2.52. The molecule has 2 aromatic heterocycles. The first-order chi connectivity index (χ1) is 10.7. The SMILES string of the molecule is CCN(c1ccc(-c2ccco2)cc1)c1nc(C)cc(C)n1. The van der Waals surface area contributed by atoms with E-state index < -0.39 is 0 Å². The normalized spacial score (nSPS) is 10.7. The molecule has 0 saturated carbocycles. The lowest BCUT2D eigenvalue weighted by Crippen LogP contribution is -2.19. The first-order valence-corrected chi connectivity index (χ1v) is 7.41. The number of furan rings is 1. The van der Waals surface area contributed by atoms with Crippen LogP contribution in [0.3, 0.4) is 0 Å². The molecule has 3 aromatic rings. The van der Waals surface area contributed by atoms with Crippen molar-refractivity contribution in [1.29, 1.82) is 0 Å². The minimum atomic E-state index is 0.741. The molecular weight excluding hydrogens is 274 g/mol. The topological polar surface area (TPSA) is 42.2 Å². The zero-order valence-electron chi connectivity index (χ0n) is 13.1. The van der Waals surface area contributed by atoms with Crippen LogP contribution in [0.15, 0.2) is 53.1 Å². The number of hydrogen-bond donors (Lipinski definition) is 0. The van der Waals surface area contributed by atoms with E-state index in [1.807, 2.05) is 32.0 Å². The van der Waals surface area contributed by atoms with Gasteiger partial charge >= 0.3 is 0 Å². The average Bonchev–Trinajstić information content (AvgIpc) is 3.02. The van der Waals surface area contributed by atoms with E-state index in [1.165, 1.54) is 0 Å². The van der Waals surface area contributed by atoms with Crippen molar-refractivity contribution < 1.29 is 4.42 Å². The average molecular weight is 293 g/mol. The summed E-state index contributed by atoms with van der Waals surface area (Å²) in [5.74, 6) is 1.61. The predicted octanol–water partition coefficient (Wildman–Crippen LogP) is 4.51. The first kappa shape index (κ1) is 14.3. The largest absolute Gasteiger partial charge is 0.464 e. The minimum absolute atomic E-state index is 0.741. The number of hydrogen-bond acceptors (Lipinski definition) is 4. The Labute approximate surface area is 130 Å². The second-order valence-electron chi connectivity index (χ2n) is 5.22. The summed E-state index contributed by atoms with van der Waals surface area (Å²) in [5, 5.41) is 0. The summed E-state index contributed by atoms with van der Waals surface area (Å²) in [4.78, 5) is 11.2. The Morgan fingerprint density at radius 3 is 2.23 bits per heavy atom. The molecule has 0 unspecified atom stereocenters. The van der Waals surface area contributed by atoms with E-state index in [2.05, 4.69) is 46.1 Å². The lowest BCUT2D eigenvalue weighted by molar-refractivity contribution is 0.582. The van der Waals surface area contributed by atoms with Gasteiger partial charge < -0.3 is 9.32 Å².